The molecule has 15 unspecified atom stereocenters. The van der Waals surface area contributed by atoms with Gasteiger partial charge in [0.05, 0.1) is 24.9 Å². The maximum Gasteiger partial charge on any atom is 0.239 e. The van der Waals surface area contributed by atoms with Gasteiger partial charge in [0.25, 0.3) is 0 Å². The third-order valence-electron chi connectivity index (χ3n) is 9.88. The molecule has 3 aromatic rings. The Kier molecular flexibility index (Phi) is 11.1. The van der Waals surface area contributed by atoms with Gasteiger partial charge >= 0.3 is 0 Å². The number of hydrogen-bond donors (Lipinski definition) is 12. The summed E-state index contributed by atoms with van der Waals surface area (Å²) in [5.74, 6) is -4.09. The van der Waals surface area contributed by atoms with E-state index in [2.05, 4.69) is 0 Å². The molecular formula is C34H42O19. The van der Waals surface area contributed by atoms with E-state index in [4.69, 9.17) is 28.1 Å². The van der Waals surface area contributed by atoms with Gasteiger partial charge in [-0.15, -0.1) is 0 Å². The van der Waals surface area contributed by atoms with Gasteiger partial charge in [-0.1, -0.05) is 6.92 Å². The van der Waals surface area contributed by atoms with Crippen LogP contribution in [0.3, 0.4) is 0 Å². The number of hydrogen-bond acceptors (Lipinski definition) is 19. The molecule has 6 rings (SSSR count). The van der Waals surface area contributed by atoms with Crippen LogP contribution in [0, 0.1) is 5.92 Å². The molecule has 3 aliphatic rings. The molecule has 2 saturated heterocycles. The van der Waals surface area contributed by atoms with Gasteiger partial charge in [-0.3, -0.25) is 4.79 Å². The van der Waals surface area contributed by atoms with Gasteiger partial charge in [0.1, 0.15) is 71.3 Å². The minimum absolute atomic E-state index is 0.0796. The van der Waals surface area contributed by atoms with Gasteiger partial charge in [0, 0.05) is 17.7 Å². The Bertz CT molecular complexity index is 1830. The highest BCUT2D eigenvalue weighted by Gasteiger charge is 2.52. The van der Waals surface area contributed by atoms with Crippen molar-refractivity contribution < 1.29 is 89.4 Å². The normalized spacial score (nSPS) is 37.8. The minimum atomic E-state index is -2.00. The third kappa shape index (κ3) is 7.35. The van der Waals surface area contributed by atoms with Crippen LogP contribution in [-0.4, -0.2) is 154 Å². The van der Waals surface area contributed by atoms with Crippen LogP contribution >= 0.6 is 0 Å². The van der Waals surface area contributed by atoms with E-state index in [0.29, 0.717) is 0 Å². The Morgan fingerprint density at radius 1 is 0.717 bits per heavy atom. The minimum Gasteiger partial charge on any atom is -0.508 e. The first kappa shape index (κ1) is 38.9. The molecule has 0 bridgehead atoms. The van der Waals surface area contributed by atoms with Gasteiger partial charge < -0.3 is 89.4 Å². The van der Waals surface area contributed by atoms with Crippen molar-refractivity contribution in [3.8, 4) is 40.1 Å². The predicted octanol–water partition coefficient (Wildman–Crippen LogP) is -2.17. The average Bonchev–Trinajstić information content (AvgIpc) is 3.11. The lowest BCUT2D eigenvalue weighted by Crippen LogP contribution is -2.65. The monoisotopic (exact) mass is 754 g/mol. The summed E-state index contributed by atoms with van der Waals surface area (Å²) in [7, 11) is 0. The van der Waals surface area contributed by atoms with Crippen LogP contribution in [0.1, 0.15) is 20.3 Å². The largest absolute Gasteiger partial charge is 0.508 e. The average molecular weight is 755 g/mol. The molecule has 1 aromatic heterocycles. The smallest absolute Gasteiger partial charge is 0.239 e. The second kappa shape index (κ2) is 15.1. The van der Waals surface area contributed by atoms with Gasteiger partial charge in [0.15, 0.2) is 29.7 Å². The van der Waals surface area contributed by atoms with Crippen LogP contribution in [0.15, 0.2) is 39.5 Å². The van der Waals surface area contributed by atoms with E-state index >= 15 is 0 Å². The maximum atomic E-state index is 14.1. The summed E-state index contributed by atoms with van der Waals surface area (Å²) in [5, 5.41) is 125. The second-order valence-electron chi connectivity index (χ2n) is 13.6. The Balaban J connectivity index is 1.40. The molecule has 3 fully saturated rings. The molecule has 0 radical (unpaired) electrons. The Labute approximate surface area is 299 Å². The van der Waals surface area contributed by atoms with Crippen LogP contribution in [-0.2, 0) is 18.9 Å². The van der Waals surface area contributed by atoms with Gasteiger partial charge in [-0.2, -0.15) is 0 Å². The lowest BCUT2D eigenvalue weighted by molar-refractivity contribution is -0.356. The summed E-state index contributed by atoms with van der Waals surface area (Å²) in [4.78, 5) is 14.1. The van der Waals surface area contributed by atoms with Crippen LogP contribution in [0.5, 0.6) is 28.7 Å². The molecule has 19 heteroatoms. The molecule has 12 N–H and O–H groups in total. The van der Waals surface area contributed by atoms with E-state index in [-0.39, 0.29) is 17.6 Å². The predicted molar refractivity (Wildman–Crippen MR) is 175 cm³/mol. The van der Waals surface area contributed by atoms with Crippen molar-refractivity contribution in [3.63, 3.8) is 0 Å². The molecule has 292 valence electrons. The Morgan fingerprint density at radius 3 is 2.11 bits per heavy atom. The number of aliphatic hydroxyl groups is 8. The van der Waals surface area contributed by atoms with Gasteiger partial charge in [0.2, 0.25) is 17.5 Å². The van der Waals surface area contributed by atoms with Gasteiger partial charge in [-0.05, 0) is 37.5 Å². The SMILES string of the molecule is CC1CC(OCC2OC(Oc3c(-c4ccc(O)c(O)c4)oc4cc(O)cc(O)c4c3=O)C(OC3OC(C)C(O)C(O)C3O)C(O)C2O)C(O)C(O)C1O. The molecule has 1 aliphatic carbocycles. The van der Waals surface area contributed by atoms with Crippen LogP contribution < -0.4 is 10.2 Å². The Morgan fingerprint density at radius 2 is 1.42 bits per heavy atom. The van der Waals surface area contributed by atoms with Crippen molar-refractivity contribution in [3.05, 3.63) is 40.6 Å². The number of rotatable bonds is 8. The first-order valence-electron chi connectivity index (χ1n) is 16.7. The van der Waals surface area contributed by atoms with Crippen LogP contribution in [0.4, 0.5) is 0 Å². The highest BCUT2D eigenvalue weighted by Crippen LogP contribution is 2.40. The fraction of sp³-hybridized carbons (Fsp3) is 0.559. The van der Waals surface area contributed by atoms with E-state index in [0.717, 1.165) is 24.3 Å². The van der Waals surface area contributed by atoms with E-state index < -0.39 is 144 Å². The van der Waals surface area contributed by atoms with Crippen molar-refractivity contribution in [1.82, 2.24) is 0 Å². The molecule has 2 aromatic carbocycles. The van der Waals surface area contributed by atoms with Crippen LogP contribution in [0.25, 0.3) is 22.3 Å². The molecule has 0 amide bonds. The lowest BCUT2D eigenvalue weighted by Gasteiger charge is -2.46. The van der Waals surface area contributed by atoms with E-state index in [1.165, 1.54) is 13.0 Å². The standard InChI is InChI=1S/C34H42O19/c1-10-5-18(23(41)26(44)21(10)39)48-9-19-24(42)28(46)32(53-33-29(47)27(45)22(40)11(2)49-33)34(51-19)52-31-25(43)20-16(38)7-13(35)8-17(20)50-30(31)12-3-4-14(36)15(37)6-12/h3-4,6-8,10-11,18-19,21-24,26-29,32-42,44-47H,5,9H2,1-2H3. The number of phenolic OH excluding ortho intramolecular Hbond substituents is 4. The topological polar surface area (TPSA) is 319 Å². The number of aromatic hydroxyl groups is 4. The van der Waals surface area contributed by atoms with Crippen LogP contribution in [0.2, 0.25) is 0 Å². The molecule has 3 heterocycles. The summed E-state index contributed by atoms with van der Waals surface area (Å²) < 4.78 is 35.0. The van der Waals surface area contributed by atoms with Crippen molar-refractivity contribution in [1.29, 1.82) is 0 Å². The highest BCUT2D eigenvalue weighted by molar-refractivity contribution is 5.88. The summed E-state index contributed by atoms with van der Waals surface area (Å²) in [6.45, 7) is 2.41. The lowest BCUT2D eigenvalue weighted by atomic mass is 9.82. The third-order valence-corrected chi connectivity index (χ3v) is 9.88. The number of phenols is 4. The van der Waals surface area contributed by atoms with E-state index in [1.54, 1.807) is 6.92 Å². The van der Waals surface area contributed by atoms with E-state index in [9.17, 15) is 66.1 Å². The van der Waals surface area contributed by atoms with Crippen molar-refractivity contribution in [2.24, 2.45) is 5.92 Å². The Hall–Kier alpha value is -3.83. The molecule has 1 saturated carbocycles. The molecule has 2 aliphatic heterocycles. The number of ether oxygens (including phenoxy) is 5. The highest BCUT2D eigenvalue weighted by atomic mass is 16.8. The summed E-state index contributed by atoms with van der Waals surface area (Å²) >= 11 is 0. The van der Waals surface area contributed by atoms with E-state index in [1.807, 2.05) is 0 Å². The molecule has 19 nitrogen and oxygen atoms in total. The molecule has 15 atom stereocenters. The van der Waals surface area contributed by atoms with Crippen molar-refractivity contribution >= 4 is 11.0 Å². The number of aliphatic hydroxyl groups excluding tert-OH is 8. The number of fused-ring (bicyclic) bond motifs is 1. The first-order valence-corrected chi connectivity index (χ1v) is 16.7. The first-order chi connectivity index (χ1) is 25.0. The van der Waals surface area contributed by atoms with Crippen molar-refractivity contribution in [2.45, 2.75) is 106 Å². The zero-order chi connectivity index (χ0) is 38.6. The van der Waals surface area contributed by atoms with Gasteiger partial charge in [-0.25, -0.2) is 0 Å². The summed E-state index contributed by atoms with van der Waals surface area (Å²) in [5.41, 5.74) is -1.49. The molecular weight excluding hydrogens is 712 g/mol. The maximum absolute atomic E-state index is 14.1. The van der Waals surface area contributed by atoms with Crippen molar-refractivity contribution in [2.75, 3.05) is 6.61 Å². The molecule has 0 spiro atoms. The summed E-state index contributed by atoms with van der Waals surface area (Å²) in [6, 6.07) is 5.16. The summed E-state index contributed by atoms with van der Waals surface area (Å²) in [6.07, 6.45) is -22.7. The molecule has 53 heavy (non-hydrogen) atoms. The zero-order valence-electron chi connectivity index (χ0n) is 28.2. The zero-order valence-corrected chi connectivity index (χ0v) is 28.2. The fourth-order valence-electron chi connectivity index (χ4n) is 6.70. The fourth-order valence-corrected chi connectivity index (χ4v) is 6.70. The number of benzene rings is 2. The quantitative estimate of drug-likeness (QED) is 0.109. The second-order valence-corrected chi connectivity index (χ2v) is 13.6.